The van der Waals surface area contributed by atoms with Gasteiger partial charge in [0.15, 0.2) is 0 Å². The van der Waals surface area contributed by atoms with Crippen molar-refractivity contribution in [2.24, 2.45) is 0 Å². The first-order valence-electron chi connectivity index (χ1n) is 6.77. The molecule has 0 aromatic heterocycles. The Kier molecular flexibility index (Phi) is 5.00. The third-order valence-electron chi connectivity index (χ3n) is 3.33. The van der Waals surface area contributed by atoms with Crippen molar-refractivity contribution in [3.05, 3.63) is 65.2 Å². The van der Waals surface area contributed by atoms with Crippen LogP contribution in [0.3, 0.4) is 0 Å². The summed E-state index contributed by atoms with van der Waals surface area (Å²) in [7, 11) is 3.10. The van der Waals surface area contributed by atoms with E-state index in [4.69, 9.17) is 9.47 Å². The van der Waals surface area contributed by atoms with Crippen LogP contribution in [0, 0.1) is 11.3 Å². The zero-order valence-electron chi connectivity index (χ0n) is 12.7. The van der Waals surface area contributed by atoms with Crippen LogP contribution in [0.25, 0.3) is 5.57 Å². The smallest absolute Gasteiger partial charge is 0.347 e. The van der Waals surface area contributed by atoms with Gasteiger partial charge in [0.2, 0.25) is 0 Å². The second-order valence-corrected chi connectivity index (χ2v) is 4.62. The first-order valence-corrected chi connectivity index (χ1v) is 6.77. The molecule has 0 bridgehead atoms. The summed E-state index contributed by atoms with van der Waals surface area (Å²) in [5.74, 6) is 0.0301. The zero-order chi connectivity index (χ0) is 16.8. The molecule has 5 heteroatoms. The largest absolute Gasteiger partial charge is 0.497 e. The lowest BCUT2D eigenvalue weighted by molar-refractivity contribution is -0.132. The van der Waals surface area contributed by atoms with Gasteiger partial charge >= 0.3 is 5.97 Å². The van der Waals surface area contributed by atoms with Crippen LogP contribution in [0.2, 0.25) is 0 Å². The molecule has 0 unspecified atom stereocenters. The molecule has 2 rings (SSSR count). The highest BCUT2D eigenvalue weighted by Gasteiger charge is 2.18. The molecule has 2 aromatic rings. The molecular weight excluding hydrogens is 294 g/mol. The number of hydrogen-bond donors (Lipinski definition) is 1. The highest BCUT2D eigenvalue weighted by atomic mass is 16.5. The van der Waals surface area contributed by atoms with Crippen LogP contribution in [0.15, 0.2) is 54.1 Å². The van der Waals surface area contributed by atoms with Gasteiger partial charge in [-0.25, -0.2) is 4.79 Å². The quantitative estimate of drug-likeness (QED) is 0.678. The van der Waals surface area contributed by atoms with E-state index < -0.39 is 5.97 Å². The number of carboxylic acid groups (broad SMARTS) is 1. The van der Waals surface area contributed by atoms with E-state index in [2.05, 4.69) is 0 Å². The lowest BCUT2D eigenvalue weighted by Gasteiger charge is -2.11. The molecule has 1 N–H and O–H groups in total. The molecule has 0 heterocycles. The number of carbonyl (C=O) groups is 1. The third kappa shape index (κ3) is 3.50. The third-order valence-corrected chi connectivity index (χ3v) is 3.33. The standard InChI is InChI=1S/C18H15NO4/c1-22-14-7-3-12(4-8-14)17(16(11-19)18(20)21)13-5-9-15(23-2)10-6-13/h3-10H,1-2H3,(H,20,21). The Morgan fingerprint density at radius 2 is 1.30 bits per heavy atom. The predicted octanol–water partition coefficient (Wildman–Crippen LogP) is 3.11. The Bertz CT molecular complexity index is 719. The number of hydrogen-bond acceptors (Lipinski definition) is 4. The summed E-state index contributed by atoms with van der Waals surface area (Å²) in [4.78, 5) is 11.4. The molecule has 2 aromatic carbocycles. The van der Waals surface area contributed by atoms with Crippen molar-refractivity contribution in [3.63, 3.8) is 0 Å². The molecule has 0 saturated carbocycles. The first-order chi connectivity index (χ1) is 11.1. The molecule has 5 nitrogen and oxygen atoms in total. The molecule has 0 aliphatic heterocycles. The van der Waals surface area contributed by atoms with E-state index in [0.717, 1.165) is 0 Å². The van der Waals surface area contributed by atoms with E-state index in [-0.39, 0.29) is 5.57 Å². The summed E-state index contributed by atoms with van der Waals surface area (Å²) in [6, 6.07) is 15.5. The van der Waals surface area contributed by atoms with E-state index in [1.807, 2.05) is 0 Å². The maximum atomic E-state index is 11.4. The number of methoxy groups -OCH3 is 2. The van der Waals surface area contributed by atoms with Crippen molar-refractivity contribution in [2.75, 3.05) is 14.2 Å². The number of aliphatic carboxylic acids is 1. The monoisotopic (exact) mass is 309 g/mol. The van der Waals surface area contributed by atoms with Gasteiger partial charge in [-0.05, 0) is 35.4 Å². The fourth-order valence-corrected chi connectivity index (χ4v) is 2.18. The molecule has 0 aliphatic carbocycles. The second-order valence-electron chi connectivity index (χ2n) is 4.62. The SMILES string of the molecule is COc1ccc(C(=C(C#N)C(=O)O)c2ccc(OC)cc2)cc1. The first kappa shape index (κ1) is 16.1. The van der Waals surface area contributed by atoms with Gasteiger partial charge in [0.05, 0.1) is 14.2 Å². The fraction of sp³-hybridized carbons (Fsp3) is 0.111. The summed E-state index contributed by atoms with van der Waals surface area (Å²) < 4.78 is 10.2. The summed E-state index contributed by atoms with van der Waals surface area (Å²) in [6.45, 7) is 0. The van der Waals surface area contributed by atoms with Crippen molar-refractivity contribution >= 4 is 11.5 Å². The Balaban J connectivity index is 2.64. The van der Waals surface area contributed by atoms with Gasteiger partial charge in [0.1, 0.15) is 23.1 Å². The van der Waals surface area contributed by atoms with Crippen LogP contribution in [-0.2, 0) is 4.79 Å². The van der Waals surface area contributed by atoms with Gasteiger partial charge in [-0.1, -0.05) is 24.3 Å². The molecule has 0 fully saturated rings. The highest BCUT2D eigenvalue weighted by molar-refractivity contribution is 6.04. The van der Waals surface area contributed by atoms with Gasteiger partial charge in [-0.3, -0.25) is 0 Å². The molecule has 0 atom stereocenters. The van der Waals surface area contributed by atoms with Gasteiger partial charge in [0.25, 0.3) is 0 Å². The van der Waals surface area contributed by atoms with Crippen molar-refractivity contribution in [1.82, 2.24) is 0 Å². The maximum absolute atomic E-state index is 11.4. The maximum Gasteiger partial charge on any atom is 0.347 e. The number of nitrogens with zero attached hydrogens (tertiary/aromatic N) is 1. The van der Waals surface area contributed by atoms with Gasteiger partial charge in [-0.2, -0.15) is 5.26 Å². The minimum absolute atomic E-state index is 0.319. The lowest BCUT2D eigenvalue weighted by atomic mass is 9.93. The van der Waals surface area contributed by atoms with Crippen molar-refractivity contribution in [2.45, 2.75) is 0 Å². The molecule has 23 heavy (non-hydrogen) atoms. The summed E-state index contributed by atoms with van der Waals surface area (Å²) in [6.07, 6.45) is 0. The van der Waals surface area contributed by atoms with E-state index in [1.54, 1.807) is 68.8 Å². The molecule has 0 spiro atoms. The van der Waals surface area contributed by atoms with E-state index in [9.17, 15) is 15.2 Å². The lowest BCUT2D eigenvalue weighted by Crippen LogP contribution is -2.04. The Hall–Kier alpha value is -3.26. The van der Waals surface area contributed by atoms with E-state index >= 15 is 0 Å². The minimum Gasteiger partial charge on any atom is -0.497 e. The van der Waals surface area contributed by atoms with E-state index in [1.165, 1.54) is 0 Å². The fourth-order valence-electron chi connectivity index (χ4n) is 2.18. The van der Waals surface area contributed by atoms with E-state index in [0.29, 0.717) is 28.2 Å². The normalized spacial score (nSPS) is 9.61. The van der Waals surface area contributed by atoms with Crippen molar-refractivity contribution in [1.29, 1.82) is 5.26 Å². The summed E-state index contributed by atoms with van der Waals surface area (Å²) in [5, 5.41) is 18.6. The van der Waals surface area contributed by atoms with Gasteiger partial charge in [-0.15, -0.1) is 0 Å². The number of ether oxygens (including phenoxy) is 2. The molecule has 0 amide bonds. The Labute approximate surface area is 134 Å². The molecule has 116 valence electrons. The van der Waals surface area contributed by atoms with Crippen LogP contribution in [0.1, 0.15) is 11.1 Å². The minimum atomic E-state index is -1.27. The van der Waals surface area contributed by atoms with Gasteiger partial charge in [0, 0.05) is 5.57 Å². The molecule has 0 aliphatic rings. The Morgan fingerprint density at radius 3 is 1.57 bits per heavy atom. The average molecular weight is 309 g/mol. The molecule has 0 radical (unpaired) electrons. The summed E-state index contributed by atoms with van der Waals surface area (Å²) >= 11 is 0. The van der Waals surface area contributed by atoms with Gasteiger partial charge < -0.3 is 14.6 Å². The number of rotatable bonds is 5. The van der Waals surface area contributed by atoms with Crippen molar-refractivity contribution in [3.8, 4) is 17.6 Å². The van der Waals surface area contributed by atoms with Crippen LogP contribution in [0.5, 0.6) is 11.5 Å². The molecule has 0 saturated heterocycles. The zero-order valence-corrected chi connectivity index (χ0v) is 12.7. The van der Waals surface area contributed by atoms with Crippen LogP contribution < -0.4 is 9.47 Å². The topological polar surface area (TPSA) is 79.5 Å². The predicted molar refractivity (Wildman–Crippen MR) is 85.3 cm³/mol. The van der Waals surface area contributed by atoms with Crippen molar-refractivity contribution < 1.29 is 19.4 Å². The highest BCUT2D eigenvalue weighted by Crippen LogP contribution is 2.29. The number of nitriles is 1. The second kappa shape index (κ2) is 7.14. The molecular formula is C18H15NO4. The van der Waals surface area contributed by atoms with Crippen LogP contribution in [-0.4, -0.2) is 25.3 Å². The summed E-state index contributed by atoms with van der Waals surface area (Å²) in [5.41, 5.74) is 1.27. The number of benzene rings is 2. The van der Waals surface area contributed by atoms with Crippen LogP contribution >= 0.6 is 0 Å². The number of carboxylic acids is 1. The van der Waals surface area contributed by atoms with Crippen LogP contribution in [0.4, 0.5) is 0 Å². The Morgan fingerprint density at radius 1 is 0.913 bits per heavy atom. The average Bonchev–Trinajstić information content (AvgIpc) is 2.59.